The van der Waals surface area contributed by atoms with Crippen LogP contribution in [0.2, 0.25) is 5.02 Å². The van der Waals surface area contributed by atoms with E-state index in [0.717, 1.165) is 18.7 Å². The lowest BCUT2D eigenvalue weighted by atomic mass is 9.96. The van der Waals surface area contributed by atoms with Gasteiger partial charge in [0.2, 0.25) is 0 Å². The summed E-state index contributed by atoms with van der Waals surface area (Å²) >= 11 is 6.30. The Balaban J connectivity index is 1.78. The van der Waals surface area contributed by atoms with Crippen LogP contribution in [0.5, 0.6) is 5.75 Å². The predicted molar refractivity (Wildman–Crippen MR) is 123 cm³/mol. The van der Waals surface area contributed by atoms with Gasteiger partial charge in [0.25, 0.3) is 5.56 Å². The molecule has 1 unspecified atom stereocenters. The predicted octanol–water partition coefficient (Wildman–Crippen LogP) is 2.86. The van der Waals surface area contributed by atoms with Crippen molar-refractivity contribution < 1.29 is 14.6 Å². The third-order valence-corrected chi connectivity index (χ3v) is 6.28. The molecule has 1 aliphatic rings. The Morgan fingerprint density at radius 2 is 1.91 bits per heavy atom. The van der Waals surface area contributed by atoms with Crippen molar-refractivity contribution >= 4 is 11.6 Å². The third-order valence-electron chi connectivity index (χ3n) is 6.04. The fraction of sp³-hybridized carbons (Fsp3) is 0.375. The Kier molecular flexibility index (Phi) is 7.01. The van der Waals surface area contributed by atoms with Crippen LogP contribution in [0.1, 0.15) is 28.6 Å². The lowest BCUT2D eigenvalue weighted by molar-refractivity contribution is 0.0932. The number of pyridine rings is 1. The normalized spacial score (nSPS) is 16.3. The van der Waals surface area contributed by atoms with E-state index in [1.807, 2.05) is 24.3 Å². The molecule has 0 spiro atoms. The van der Waals surface area contributed by atoms with E-state index in [9.17, 15) is 15.0 Å². The van der Waals surface area contributed by atoms with Crippen molar-refractivity contribution in [2.24, 2.45) is 0 Å². The molecule has 1 aromatic carbocycles. The summed E-state index contributed by atoms with van der Waals surface area (Å²) in [5.41, 5.74) is 1.60. The first-order valence-electron chi connectivity index (χ1n) is 10.8. The minimum absolute atomic E-state index is 0.0223. The molecule has 32 heavy (non-hydrogen) atoms. The maximum Gasteiger partial charge on any atom is 0.260 e. The molecule has 1 fully saturated rings. The molecule has 0 bridgehead atoms. The van der Waals surface area contributed by atoms with Crippen LogP contribution in [0.4, 0.5) is 0 Å². The van der Waals surface area contributed by atoms with E-state index in [-0.39, 0.29) is 24.5 Å². The number of hydrogen-bond donors (Lipinski definition) is 2. The van der Waals surface area contributed by atoms with Gasteiger partial charge in [-0.1, -0.05) is 23.7 Å². The Bertz CT molecular complexity index is 1100. The Morgan fingerprint density at radius 1 is 1.12 bits per heavy atom. The van der Waals surface area contributed by atoms with Crippen LogP contribution < -0.4 is 5.56 Å². The maximum atomic E-state index is 13.7. The number of aromatic hydroxyl groups is 1. The van der Waals surface area contributed by atoms with Crippen LogP contribution in [0, 0.1) is 6.92 Å². The zero-order valence-corrected chi connectivity index (χ0v) is 18.8. The summed E-state index contributed by atoms with van der Waals surface area (Å²) in [6, 6.07) is 12.3. The number of hydrogen-bond acceptors (Lipinski definition) is 6. The van der Waals surface area contributed by atoms with Crippen LogP contribution >= 0.6 is 11.6 Å². The molecule has 0 saturated carbocycles. The van der Waals surface area contributed by atoms with Gasteiger partial charge in [-0.3, -0.25) is 14.6 Å². The molecule has 7 nitrogen and oxygen atoms in total. The molecule has 0 amide bonds. The number of furan rings is 1. The molecule has 0 radical (unpaired) electrons. The highest BCUT2D eigenvalue weighted by Gasteiger charge is 2.31. The van der Waals surface area contributed by atoms with Gasteiger partial charge in [0, 0.05) is 43.4 Å². The summed E-state index contributed by atoms with van der Waals surface area (Å²) in [6.07, 6.45) is 1.58. The van der Waals surface area contributed by atoms with Crippen molar-refractivity contribution in [3.63, 3.8) is 0 Å². The third kappa shape index (κ3) is 4.76. The van der Waals surface area contributed by atoms with Crippen molar-refractivity contribution in [2.75, 3.05) is 39.3 Å². The largest absolute Gasteiger partial charge is 0.507 e. The minimum Gasteiger partial charge on any atom is -0.507 e. The van der Waals surface area contributed by atoms with Crippen LogP contribution in [-0.4, -0.2) is 63.9 Å². The highest BCUT2D eigenvalue weighted by atomic mass is 35.5. The monoisotopic (exact) mass is 457 g/mol. The molecule has 0 aliphatic carbocycles. The smallest absolute Gasteiger partial charge is 0.260 e. The maximum absolute atomic E-state index is 13.7. The van der Waals surface area contributed by atoms with Crippen LogP contribution in [0.15, 0.2) is 57.9 Å². The van der Waals surface area contributed by atoms with Gasteiger partial charge >= 0.3 is 0 Å². The number of β-amino-alcohol motifs (C(OH)–C–C–N with tert-alkyl or cyclic N) is 1. The second kappa shape index (κ2) is 9.92. The second-order valence-electron chi connectivity index (χ2n) is 8.11. The summed E-state index contributed by atoms with van der Waals surface area (Å²) in [7, 11) is 0. The fourth-order valence-electron chi connectivity index (χ4n) is 4.40. The standard InChI is InChI=1S/C24H28ClN3O4/c1-17-14-21(30)22(24(31)28(17)16-20-6-3-13-32-20)23(18-4-2-5-19(25)15-18)27-9-7-26(8-10-27)11-12-29/h2-6,13-15,23,29-30H,7-12,16H2,1H3. The number of aryl methyl sites for hydroxylation is 1. The molecule has 8 heteroatoms. The number of piperazine rings is 1. The molecule has 1 aliphatic heterocycles. The molecule has 3 aromatic rings. The molecule has 3 heterocycles. The number of rotatable bonds is 7. The van der Waals surface area contributed by atoms with Crippen LogP contribution in [0.25, 0.3) is 0 Å². The number of aliphatic hydroxyl groups is 1. The Hall–Kier alpha value is -2.58. The Morgan fingerprint density at radius 3 is 2.56 bits per heavy atom. The van der Waals surface area contributed by atoms with E-state index in [4.69, 9.17) is 16.0 Å². The van der Waals surface area contributed by atoms with Gasteiger partial charge in [-0.25, -0.2) is 0 Å². The molecule has 1 atom stereocenters. The van der Waals surface area contributed by atoms with Gasteiger partial charge in [0.15, 0.2) is 0 Å². The number of halogens is 1. The molecular formula is C24H28ClN3O4. The van der Waals surface area contributed by atoms with Gasteiger partial charge in [-0.2, -0.15) is 0 Å². The summed E-state index contributed by atoms with van der Waals surface area (Å²) in [4.78, 5) is 18.1. The zero-order chi connectivity index (χ0) is 22.7. The SMILES string of the molecule is Cc1cc(O)c(C(c2cccc(Cl)c2)N2CCN(CCO)CC2)c(=O)n1Cc1ccco1. The first-order valence-corrected chi connectivity index (χ1v) is 11.1. The first-order chi connectivity index (χ1) is 15.5. The molecule has 2 aromatic heterocycles. The number of nitrogens with zero attached hydrogens (tertiary/aromatic N) is 3. The second-order valence-corrected chi connectivity index (χ2v) is 8.55. The van der Waals surface area contributed by atoms with E-state index >= 15 is 0 Å². The van der Waals surface area contributed by atoms with Gasteiger partial charge in [-0.15, -0.1) is 0 Å². The van der Waals surface area contributed by atoms with E-state index in [0.29, 0.717) is 41.7 Å². The van der Waals surface area contributed by atoms with E-state index in [1.165, 1.54) is 0 Å². The van der Waals surface area contributed by atoms with Gasteiger partial charge in [0.05, 0.1) is 31.0 Å². The molecular weight excluding hydrogens is 430 g/mol. The lowest BCUT2D eigenvalue weighted by Gasteiger charge is -2.39. The average Bonchev–Trinajstić information content (AvgIpc) is 3.28. The first kappa shape index (κ1) is 22.6. The van der Waals surface area contributed by atoms with Crippen molar-refractivity contribution in [1.29, 1.82) is 0 Å². The Labute approximate surface area is 192 Å². The van der Waals surface area contributed by atoms with Crippen molar-refractivity contribution in [1.82, 2.24) is 14.4 Å². The van der Waals surface area contributed by atoms with Crippen LogP contribution in [-0.2, 0) is 6.54 Å². The summed E-state index contributed by atoms with van der Waals surface area (Å²) in [5, 5.41) is 20.8. The summed E-state index contributed by atoms with van der Waals surface area (Å²) < 4.78 is 7.09. The highest BCUT2D eigenvalue weighted by Crippen LogP contribution is 2.34. The fourth-order valence-corrected chi connectivity index (χ4v) is 4.60. The minimum atomic E-state index is -0.444. The van der Waals surface area contributed by atoms with E-state index in [2.05, 4.69) is 9.80 Å². The van der Waals surface area contributed by atoms with Crippen molar-refractivity contribution in [3.8, 4) is 5.75 Å². The average molecular weight is 458 g/mol. The van der Waals surface area contributed by atoms with E-state index < -0.39 is 6.04 Å². The number of aromatic nitrogens is 1. The van der Waals surface area contributed by atoms with E-state index in [1.54, 1.807) is 36.0 Å². The summed E-state index contributed by atoms with van der Waals surface area (Å²) in [6.45, 7) is 5.77. The van der Waals surface area contributed by atoms with Gasteiger partial charge < -0.3 is 19.2 Å². The zero-order valence-electron chi connectivity index (χ0n) is 18.1. The quantitative estimate of drug-likeness (QED) is 0.567. The lowest BCUT2D eigenvalue weighted by Crippen LogP contribution is -2.49. The van der Waals surface area contributed by atoms with Crippen molar-refractivity contribution in [2.45, 2.75) is 19.5 Å². The molecule has 1 saturated heterocycles. The highest BCUT2D eigenvalue weighted by molar-refractivity contribution is 6.30. The number of aliphatic hydroxyl groups excluding tert-OH is 1. The van der Waals surface area contributed by atoms with Crippen LogP contribution in [0.3, 0.4) is 0 Å². The van der Waals surface area contributed by atoms with Crippen molar-refractivity contribution in [3.05, 3.63) is 86.7 Å². The summed E-state index contributed by atoms with van der Waals surface area (Å²) in [5.74, 6) is 0.648. The molecule has 2 N–H and O–H groups in total. The topological polar surface area (TPSA) is 82.1 Å². The molecule has 4 rings (SSSR count). The number of benzene rings is 1. The molecule has 170 valence electrons. The van der Waals surface area contributed by atoms with Gasteiger partial charge in [-0.05, 0) is 42.8 Å². The van der Waals surface area contributed by atoms with Gasteiger partial charge in [0.1, 0.15) is 11.5 Å².